The van der Waals surface area contributed by atoms with Crippen molar-refractivity contribution in [2.24, 2.45) is 17.4 Å². The summed E-state index contributed by atoms with van der Waals surface area (Å²) in [6.07, 6.45) is 2.39. The van der Waals surface area contributed by atoms with E-state index in [9.17, 15) is 9.59 Å². The van der Waals surface area contributed by atoms with E-state index in [1.807, 2.05) is 35.2 Å². The SMILES string of the molecule is NCCCN(Cc1ccccc1)C(=O)C1CCCN(C(N)=O)C1. The molecule has 6 nitrogen and oxygen atoms in total. The summed E-state index contributed by atoms with van der Waals surface area (Å²) < 4.78 is 0. The highest BCUT2D eigenvalue weighted by Gasteiger charge is 2.30. The number of hydrogen-bond donors (Lipinski definition) is 2. The Bertz CT molecular complexity index is 521. The van der Waals surface area contributed by atoms with Gasteiger partial charge >= 0.3 is 6.03 Å². The Morgan fingerprint density at radius 3 is 2.65 bits per heavy atom. The first-order valence-corrected chi connectivity index (χ1v) is 8.19. The number of piperidine rings is 1. The molecule has 1 fully saturated rings. The maximum absolute atomic E-state index is 12.9. The summed E-state index contributed by atoms with van der Waals surface area (Å²) in [5.74, 6) is -0.0778. The average molecular weight is 318 g/mol. The van der Waals surface area contributed by atoms with Crippen LogP contribution in [0, 0.1) is 5.92 Å². The fourth-order valence-electron chi connectivity index (χ4n) is 2.99. The van der Waals surface area contributed by atoms with Crippen LogP contribution in [0.2, 0.25) is 0 Å². The zero-order valence-electron chi connectivity index (χ0n) is 13.5. The monoisotopic (exact) mass is 318 g/mol. The number of hydrogen-bond acceptors (Lipinski definition) is 3. The summed E-state index contributed by atoms with van der Waals surface area (Å²) in [4.78, 5) is 27.7. The summed E-state index contributed by atoms with van der Waals surface area (Å²) in [6, 6.07) is 9.48. The number of benzene rings is 1. The third-order valence-corrected chi connectivity index (χ3v) is 4.24. The molecule has 4 N–H and O–H groups in total. The molecule has 0 spiro atoms. The van der Waals surface area contributed by atoms with Gasteiger partial charge < -0.3 is 21.3 Å². The Balaban J connectivity index is 2.04. The lowest BCUT2D eigenvalue weighted by Crippen LogP contribution is -2.48. The van der Waals surface area contributed by atoms with Gasteiger partial charge in [0.05, 0.1) is 5.92 Å². The average Bonchev–Trinajstić information content (AvgIpc) is 2.59. The zero-order chi connectivity index (χ0) is 16.7. The molecule has 0 aromatic heterocycles. The highest BCUT2D eigenvalue weighted by atomic mass is 16.2. The van der Waals surface area contributed by atoms with E-state index in [2.05, 4.69) is 0 Å². The fraction of sp³-hybridized carbons (Fsp3) is 0.529. The van der Waals surface area contributed by atoms with E-state index in [1.165, 1.54) is 0 Å². The second-order valence-electron chi connectivity index (χ2n) is 6.01. The molecule has 3 amide bonds. The van der Waals surface area contributed by atoms with E-state index in [0.717, 1.165) is 24.8 Å². The lowest BCUT2D eigenvalue weighted by Gasteiger charge is -2.34. The van der Waals surface area contributed by atoms with Gasteiger partial charge in [-0.05, 0) is 31.4 Å². The number of carbonyl (C=O) groups excluding carboxylic acids is 2. The van der Waals surface area contributed by atoms with Gasteiger partial charge in [-0.3, -0.25) is 4.79 Å². The van der Waals surface area contributed by atoms with Crippen molar-refractivity contribution in [3.63, 3.8) is 0 Å². The second-order valence-corrected chi connectivity index (χ2v) is 6.01. The molecule has 1 aromatic rings. The molecule has 1 saturated heterocycles. The Labute approximate surface area is 137 Å². The van der Waals surface area contributed by atoms with Gasteiger partial charge in [-0.1, -0.05) is 30.3 Å². The van der Waals surface area contributed by atoms with Crippen LogP contribution in [0.4, 0.5) is 4.79 Å². The number of amides is 3. The molecular weight excluding hydrogens is 292 g/mol. The third kappa shape index (κ3) is 4.96. The van der Waals surface area contributed by atoms with Crippen molar-refractivity contribution in [3.05, 3.63) is 35.9 Å². The van der Waals surface area contributed by atoms with Gasteiger partial charge in [0, 0.05) is 26.2 Å². The predicted molar refractivity (Wildman–Crippen MR) is 89.4 cm³/mol. The fourth-order valence-corrected chi connectivity index (χ4v) is 2.99. The number of rotatable bonds is 6. The molecule has 0 saturated carbocycles. The number of nitrogens with two attached hydrogens (primary N) is 2. The lowest BCUT2D eigenvalue weighted by atomic mass is 9.96. The van der Waals surface area contributed by atoms with Crippen LogP contribution in [0.15, 0.2) is 30.3 Å². The van der Waals surface area contributed by atoms with Crippen LogP contribution in [0.3, 0.4) is 0 Å². The van der Waals surface area contributed by atoms with E-state index in [4.69, 9.17) is 11.5 Å². The van der Waals surface area contributed by atoms with Gasteiger partial charge in [0.25, 0.3) is 0 Å². The summed E-state index contributed by atoms with van der Waals surface area (Å²) in [5, 5.41) is 0. The number of primary amides is 1. The van der Waals surface area contributed by atoms with Crippen molar-refractivity contribution in [1.29, 1.82) is 0 Å². The second kappa shape index (κ2) is 8.53. The van der Waals surface area contributed by atoms with Gasteiger partial charge in [0.2, 0.25) is 5.91 Å². The Morgan fingerprint density at radius 1 is 1.26 bits per heavy atom. The number of likely N-dealkylation sites (tertiary alicyclic amines) is 1. The maximum Gasteiger partial charge on any atom is 0.314 e. The molecule has 0 aliphatic carbocycles. The molecule has 1 unspecified atom stereocenters. The van der Waals surface area contributed by atoms with Crippen LogP contribution in [-0.4, -0.2) is 47.9 Å². The minimum Gasteiger partial charge on any atom is -0.351 e. The van der Waals surface area contributed by atoms with Crippen LogP contribution in [-0.2, 0) is 11.3 Å². The molecule has 1 aliphatic heterocycles. The molecular formula is C17H26N4O2. The summed E-state index contributed by atoms with van der Waals surface area (Å²) in [5.41, 5.74) is 12.1. The molecule has 1 atom stereocenters. The van der Waals surface area contributed by atoms with Crippen LogP contribution >= 0.6 is 0 Å². The molecule has 0 bridgehead atoms. The Kier molecular flexibility index (Phi) is 6.40. The van der Waals surface area contributed by atoms with Crippen molar-refractivity contribution in [2.75, 3.05) is 26.2 Å². The maximum atomic E-state index is 12.9. The van der Waals surface area contributed by atoms with Crippen LogP contribution in [0.1, 0.15) is 24.8 Å². The molecule has 1 heterocycles. The normalized spacial score (nSPS) is 17.8. The predicted octanol–water partition coefficient (Wildman–Crippen LogP) is 1.15. The van der Waals surface area contributed by atoms with Gasteiger partial charge in [-0.15, -0.1) is 0 Å². The third-order valence-electron chi connectivity index (χ3n) is 4.24. The van der Waals surface area contributed by atoms with Gasteiger partial charge in [-0.25, -0.2) is 4.79 Å². The zero-order valence-corrected chi connectivity index (χ0v) is 13.5. The number of urea groups is 1. The minimum atomic E-state index is -0.445. The van der Waals surface area contributed by atoms with Gasteiger partial charge in [-0.2, -0.15) is 0 Å². The van der Waals surface area contributed by atoms with Crippen molar-refractivity contribution >= 4 is 11.9 Å². The first-order chi connectivity index (χ1) is 11.1. The Hall–Kier alpha value is -2.08. The standard InChI is InChI=1S/C17H26N4O2/c18-9-5-11-20(12-14-6-2-1-3-7-14)16(22)15-8-4-10-21(13-15)17(19)23/h1-3,6-7,15H,4-5,8-13,18H2,(H2,19,23). The summed E-state index contributed by atoms with van der Waals surface area (Å²) >= 11 is 0. The quantitative estimate of drug-likeness (QED) is 0.824. The van der Waals surface area contributed by atoms with Crippen LogP contribution in [0.25, 0.3) is 0 Å². The van der Waals surface area contributed by atoms with E-state index in [-0.39, 0.29) is 11.8 Å². The number of nitrogens with zero attached hydrogens (tertiary/aromatic N) is 2. The highest BCUT2D eigenvalue weighted by molar-refractivity contribution is 5.80. The Morgan fingerprint density at radius 2 is 2.00 bits per heavy atom. The molecule has 0 radical (unpaired) electrons. The lowest BCUT2D eigenvalue weighted by molar-refractivity contribution is -0.137. The van der Waals surface area contributed by atoms with Crippen molar-refractivity contribution in [1.82, 2.24) is 9.80 Å². The van der Waals surface area contributed by atoms with Gasteiger partial charge in [0.1, 0.15) is 0 Å². The molecule has 23 heavy (non-hydrogen) atoms. The topological polar surface area (TPSA) is 92.7 Å². The van der Waals surface area contributed by atoms with Crippen LogP contribution in [0.5, 0.6) is 0 Å². The molecule has 2 rings (SSSR count). The van der Waals surface area contributed by atoms with Crippen molar-refractivity contribution in [2.45, 2.75) is 25.8 Å². The number of carbonyl (C=O) groups is 2. The molecule has 1 aliphatic rings. The summed E-state index contributed by atoms with van der Waals surface area (Å²) in [6.45, 7) is 2.82. The van der Waals surface area contributed by atoms with E-state index < -0.39 is 6.03 Å². The smallest absolute Gasteiger partial charge is 0.314 e. The minimum absolute atomic E-state index is 0.0910. The van der Waals surface area contributed by atoms with Crippen LogP contribution < -0.4 is 11.5 Å². The largest absolute Gasteiger partial charge is 0.351 e. The summed E-state index contributed by atoms with van der Waals surface area (Å²) in [7, 11) is 0. The molecule has 1 aromatic carbocycles. The van der Waals surface area contributed by atoms with Crippen molar-refractivity contribution < 1.29 is 9.59 Å². The molecule has 6 heteroatoms. The highest BCUT2D eigenvalue weighted by Crippen LogP contribution is 2.20. The first kappa shape index (κ1) is 17.3. The van der Waals surface area contributed by atoms with Gasteiger partial charge in [0.15, 0.2) is 0 Å². The van der Waals surface area contributed by atoms with E-state index in [0.29, 0.717) is 32.7 Å². The van der Waals surface area contributed by atoms with E-state index >= 15 is 0 Å². The van der Waals surface area contributed by atoms with E-state index in [1.54, 1.807) is 4.90 Å². The molecule has 126 valence electrons. The first-order valence-electron chi connectivity index (χ1n) is 8.19. The van der Waals surface area contributed by atoms with Crippen molar-refractivity contribution in [3.8, 4) is 0 Å².